The van der Waals surface area contributed by atoms with Crippen LogP contribution in [0.2, 0.25) is 0 Å². The number of benzene rings is 1. The molecule has 0 spiro atoms. The first-order valence-corrected chi connectivity index (χ1v) is 9.83. The summed E-state index contributed by atoms with van der Waals surface area (Å²) in [5.41, 5.74) is 1.19. The van der Waals surface area contributed by atoms with Crippen LogP contribution in [-0.2, 0) is 4.79 Å². The number of rotatable bonds is 5. The van der Waals surface area contributed by atoms with E-state index in [0.29, 0.717) is 6.54 Å². The highest BCUT2D eigenvalue weighted by atomic mass is 32.2. The smallest absolute Gasteiger partial charge is 0.307 e. The van der Waals surface area contributed by atoms with Crippen LogP contribution in [0.5, 0.6) is 0 Å². The second-order valence-electron chi connectivity index (χ2n) is 6.76. The second-order valence-corrected chi connectivity index (χ2v) is 7.85. The zero-order valence-corrected chi connectivity index (χ0v) is 15.4. The number of aliphatic carboxylic acids is 1. The van der Waals surface area contributed by atoms with Crippen molar-refractivity contribution in [2.24, 2.45) is 5.92 Å². The predicted octanol–water partition coefficient (Wildman–Crippen LogP) is 3.27. The van der Waals surface area contributed by atoms with Gasteiger partial charge in [-0.15, -0.1) is 0 Å². The minimum atomic E-state index is -0.665. The van der Waals surface area contributed by atoms with Crippen LogP contribution in [0.15, 0.2) is 46.6 Å². The lowest BCUT2D eigenvalue weighted by Crippen LogP contribution is -2.40. The van der Waals surface area contributed by atoms with Crippen LogP contribution in [0, 0.1) is 5.92 Å². The van der Waals surface area contributed by atoms with Crippen molar-refractivity contribution in [3.8, 4) is 0 Å². The van der Waals surface area contributed by atoms with E-state index in [9.17, 15) is 9.90 Å². The first kappa shape index (κ1) is 17.3. The highest BCUT2D eigenvalue weighted by molar-refractivity contribution is 7.99. The number of para-hydroxylation sites is 1. The molecule has 0 aliphatic carbocycles. The summed E-state index contributed by atoms with van der Waals surface area (Å²) in [6, 6.07) is 8.37. The van der Waals surface area contributed by atoms with Gasteiger partial charge in [-0.1, -0.05) is 23.9 Å². The maximum atomic E-state index is 11.2. The molecule has 0 bridgehead atoms. The average Bonchev–Trinajstić information content (AvgIpc) is 2.67. The minimum absolute atomic E-state index is 0.218. The molecule has 6 nitrogen and oxygen atoms in total. The summed E-state index contributed by atoms with van der Waals surface area (Å²) >= 11 is 1.71. The number of hydrogen-bond acceptors (Lipinski definition) is 6. The zero-order chi connectivity index (χ0) is 17.9. The van der Waals surface area contributed by atoms with E-state index >= 15 is 0 Å². The lowest BCUT2D eigenvalue weighted by Gasteiger charge is -2.33. The van der Waals surface area contributed by atoms with Gasteiger partial charge in [0.1, 0.15) is 6.33 Å². The summed E-state index contributed by atoms with van der Waals surface area (Å²) < 4.78 is 0. The fourth-order valence-corrected chi connectivity index (χ4v) is 4.76. The van der Waals surface area contributed by atoms with Gasteiger partial charge < -0.3 is 14.9 Å². The van der Waals surface area contributed by atoms with Crippen molar-refractivity contribution in [1.82, 2.24) is 14.9 Å². The van der Waals surface area contributed by atoms with E-state index < -0.39 is 5.97 Å². The highest BCUT2D eigenvalue weighted by Gasteiger charge is 2.27. The van der Waals surface area contributed by atoms with Crippen molar-refractivity contribution < 1.29 is 9.90 Å². The van der Waals surface area contributed by atoms with Crippen LogP contribution in [0.3, 0.4) is 0 Å². The van der Waals surface area contributed by atoms with Gasteiger partial charge in [-0.25, -0.2) is 9.97 Å². The van der Waals surface area contributed by atoms with Crippen molar-refractivity contribution in [3.05, 3.63) is 36.8 Å². The van der Waals surface area contributed by atoms with Crippen molar-refractivity contribution in [2.45, 2.75) is 29.1 Å². The number of fused-ring (bicyclic) bond motifs is 2. The molecule has 2 aromatic rings. The molecule has 26 heavy (non-hydrogen) atoms. The third-order valence-electron chi connectivity index (χ3n) is 5.00. The number of anilines is 2. The lowest BCUT2D eigenvalue weighted by atomic mass is 9.98. The Morgan fingerprint density at radius 1 is 1.27 bits per heavy atom. The Labute approximate surface area is 157 Å². The summed E-state index contributed by atoms with van der Waals surface area (Å²) in [6.45, 7) is 3.43. The molecule has 136 valence electrons. The van der Waals surface area contributed by atoms with Crippen LogP contribution in [0.25, 0.3) is 0 Å². The normalized spacial score (nSPS) is 19.7. The maximum absolute atomic E-state index is 11.2. The van der Waals surface area contributed by atoms with E-state index in [1.807, 2.05) is 6.20 Å². The number of carboxylic acid groups (broad SMARTS) is 1. The zero-order valence-electron chi connectivity index (χ0n) is 14.5. The molecule has 4 rings (SSSR count). The van der Waals surface area contributed by atoms with E-state index in [2.05, 4.69) is 44.0 Å². The van der Waals surface area contributed by atoms with Crippen LogP contribution in [0.1, 0.15) is 19.3 Å². The van der Waals surface area contributed by atoms with Gasteiger partial charge in [-0.05, 0) is 44.5 Å². The molecular formula is C19H22N4O2S. The molecule has 2 aliphatic heterocycles. The van der Waals surface area contributed by atoms with E-state index in [1.165, 1.54) is 10.6 Å². The van der Waals surface area contributed by atoms with Gasteiger partial charge in [0.05, 0.1) is 16.5 Å². The number of hydrogen-bond donors (Lipinski definition) is 1. The first-order valence-electron chi connectivity index (χ1n) is 9.02. The van der Waals surface area contributed by atoms with Crippen LogP contribution >= 0.6 is 11.8 Å². The predicted molar refractivity (Wildman–Crippen MR) is 101 cm³/mol. The molecule has 1 N–H and O–H groups in total. The summed E-state index contributed by atoms with van der Waals surface area (Å²) in [5, 5.41) is 9.25. The Morgan fingerprint density at radius 2 is 2.15 bits per heavy atom. The third kappa shape index (κ3) is 3.54. The molecule has 1 aromatic heterocycles. The van der Waals surface area contributed by atoms with E-state index in [1.54, 1.807) is 18.1 Å². The first-order chi connectivity index (χ1) is 12.7. The SMILES string of the molecule is O=C(O)C1CCCN(CCCN2c3ccccc3Sc3cncnc32)C1. The quantitative estimate of drug-likeness (QED) is 0.866. The number of carbonyl (C=O) groups is 1. The van der Waals surface area contributed by atoms with Crippen LogP contribution < -0.4 is 4.90 Å². The van der Waals surface area contributed by atoms with E-state index in [-0.39, 0.29) is 5.92 Å². The third-order valence-corrected chi connectivity index (χ3v) is 6.07. The molecule has 3 heterocycles. The molecular weight excluding hydrogens is 348 g/mol. The van der Waals surface area contributed by atoms with E-state index in [4.69, 9.17) is 0 Å². The van der Waals surface area contributed by atoms with Gasteiger partial charge >= 0.3 is 5.97 Å². The second kappa shape index (κ2) is 7.63. The summed E-state index contributed by atoms with van der Waals surface area (Å²) in [7, 11) is 0. The molecule has 0 radical (unpaired) electrons. The Balaban J connectivity index is 1.44. The van der Waals surface area contributed by atoms with Crippen LogP contribution in [-0.4, -0.2) is 52.1 Å². The molecule has 1 atom stereocenters. The standard InChI is InChI=1S/C19H22N4O2S/c24-19(25)14-5-3-8-22(12-14)9-4-10-23-15-6-1-2-7-16(15)26-17-11-20-13-21-18(17)23/h1-2,6-7,11,13-14H,3-5,8-10,12H2,(H,24,25). The van der Waals surface area contributed by atoms with Crippen molar-refractivity contribution in [3.63, 3.8) is 0 Å². The van der Waals surface area contributed by atoms with Gasteiger partial charge in [0, 0.05) is 24.2 Å². The van der Waals surface area contributed by atoms with Crippen molar-refractivity contribution in [2.75, 3.05) is 31.1 Å². The highest BCUT2D eigenvalue weighted by Crippen LogP contribution is 2.46. The van der Waals surface area contributed by atoms with Gasteiger partial charge in [-0.2, -0.15) is 0 Å². The van der Waals surface area contributed by atoms with Gasteiger partial charge in [0.25, 0.3) is 0 Å². The molecule has 2 aliphatic rings. The maximum Gasteiger partial charge on any atom is 0.307 e. The minimum Gasteiger partial charge on any atom is -0.481 e. The van der Waals surface area contributed by atoms with E-state index in [0.717, 1.165) is 49.6 Å². The number of piperidine rings is 1. The number of carboxylic acids is 1. The van der Waals surface area contributed by atoms with Gasteiger partial charge in [-0.3, -0.25) is 4.79 Å². The molecule has 0 saturated carbocycles. The number of aromatic nitrogens is 2. The molecule has 1 fully saturated rings. The van der Waals surface area contributed by atoms with Crippen molar-refractivity contribution >= 4 is 29.2 Å². The topological polar surface area (TPSA) is 69.6 Å². The van der Waals surface area contributed by atoms with Crippen LogP contribution in [0.4, 0.5) is 11.5 Å². The Morgan fingerprint density at radius 3 is 3.04 bits per heavy atom. The molecule has 1 saturated heterocycles. The molecule has 1 aromatic carbocycles. The Hall–Kier alpha value is -2.12. The largest absolute Gasteiger partial charge is 0.481 e. The molecule has 7 heteroatoms. The number of nitrogens with zero attached hydrogens (tertiary/aromatic N) is 4. The van der Waals surface area contributed by atoms with Gasteiger partial charge in [0.2, 0.25) is 0 Å². The molecule has 0 amide bonds. The average molecular weight is 370 g/mol. The number of likely N-dealkylation sites (tertiary alicyclic amines) is 1. The fraction of sp³-hybridized carbons (Fsp3) is 0.421. The monoisotopic (exact) mass is 370 g/mol. The summed E-state index contributed by atoms with van der Waals surface area (Å²) in [5.74, 6) is 0.0809. The summed E-state index contributed by atoms with van der Waals surface area (Å²) in [4.78, 5) is 26.8. The van der Waals surface area contributed by atoms with Crippen molar-refractivity contribution in [1.29, 1.82) is 0 Å². The fourth-order valence-electron chi connectivity index (χ4n) is 3.72. The Kier molecular flexibility index (Phi) is 5.08. The summed E-state index contributed by atoms with van der Waals surface area (Å²) in [6.07, 6.45) is 6.21. The molecule has 1 unspecified atom stereocenters. The lowest BCUT2D eigenvalue weighted by molar-refractivity contribution is -0.143. The van der Waals surface area contributed by atoms with Gasteiger partial charge in [0.15, 0.2) is 5.82 Å². The Bertz CT molecular complexity index is 755.